The normalized spacial score (nSPS) is 13.2. The smallest absolute Gasteiger partial charge is 0.175 e. The number of rotatable bonds is 4. The predicted octanol–water partition coefficient (Wildman–Crippen LogP) is 2.53. The summed E-state index contributed by atoms with van der Waals surface area (Å²) in [4.78, 5) is 4.72. The van der Waals surface area contributed by atoms with Crippen LogP contribution < -0.4 is 5.73 Å². The van der Waals surface area contributed by atoms with E-state index in [0.717, 1.165) is 29.3 Å². The van der Waals surface area contributed by atoms with E-state index in [1.165, 1.54) is 0 Å². The first-order chi connectivity index (χ1) is 10.1. The SMILES string of the molecule is CC(N)Cc1c(-n2ccc(C(C)C)n2)nc2ccccn12. The number of fused-ring (bicyclic) bond motifs is 1. The van der Waals surface area contributed by atoms with E-state index < -0.39 is 0 Å². The van der Waals surface area contributed by atoms with Crippen molar-refractivity contribution in [2.45, 2.75) is 39.2 Å². The molecule has 3 rings (SSSR count). The van der Waals surface area contributed by atoms with Crippen molar-refractivity contribution in [3.05, 3.63) is 48.0 Å². The second-order valence-electron chi connectivity index (χ2n) is 5.83. The van der Waals surface area contributed by atoms with E-state index in [4.69, 9.17) is 10.7 Å². The molecule has 0 aliphatic carbocycles. The van der Waals surface area contributed by atoms with Crippen molar-refractivity contribution in [3.8, 4) is 5.82 Å². The van der Waals surface area contributed by atoms with Gasteiger partial charge in [0.25, 0.3) is 0 Å². The number of nitrogens with two attached hydrogens (primary N) is 1. The van der Waals surface area contributed by atoms with Crippen molar-refractivity contribution in [1.82, 2.24) is 19.2 Å². The molecule has 0 bridgehead atoms. The lowest BCUT2D eigenvalue weighted by atomic mass is 10.1. The molecule has 5 heteroatoms. The zero-order chi connectivity index (χ0) is 15.0. The number of hydrogen-bond acceptors (Lipinski definition) is 3. The highest BCUT2D eigenvalue weighted by molar-refractivity contribution is 5.48. The molecule has 1 unspecified atom stereocenters. The molecule has 110 valence electrons. The molecule has 0 fully saturated rings. The van der Waals surface area contributed by atoms with Crippen LogP contribution in [0.15, 0.2) is 36.7 Å². The molecule has 0 amide bonds. The lowest BCUT2D eigenvalue weighted by molar-refractivity contribution is 0.699. The Balaban J connectivity index is 2.15. The first kappa shape index (κ1) is 13.8. The molecular weight excluding hydrogens is 262 g/mol. The fourth-order valence-electron chi connectivity index (χ4n) is 2.48. The van der Waals surface area contributed by atoms with Gasteiger partial charge in [0.2, 0.25) is 0 Å². The van der Waals surface area contributed by atoms with Crippen molar-refractivity contribution in [2.24, 2.45) is 5.73 Å². The fraction of sp³-hybridized carbons (Fsp3) is 0.375. The molecule has 0 aromatic carbocycles. The highest BCUT2D eigenvalue weighted by Crippen LogP contribution is 2.19. The Bertz CT molecular complexity index is 751. The highest BCUT2D eigenvalue weighted by Gasteiger charge is 2.16. The Morgan fingerprint density at radius 2 is 1.95 bits per heavy atom. The van der Waals surface area contributed by atoms with Crippen LogP contribution in [-0.4, -0.2) is 25.2 Å². The van der Waals surface area contributed by atoms with Gasteiger partial charge in [-0.2, -0.15) is 5.10 Å². The number of aromatic nitrogens is 4. The monoisotopic (exact) mass is 283 g/mol. The minimum absolute atomic E-state index is 0.0731. The summed E-state index contributed by atoms with van der Waals surface area (Å²) in [6.45, 7) is 6.28. The summed E-state index contributed by atoms with van der Waals surface area (Å²) < 4.78 is 3.95. The van der Waals surface area contributed by atoms with Crippen molar-refractivity contribution in [2.75, 3.05) is 0 Å². The summed E-state index contributed by atoms with van der Waals surface area (Å²) >= 11 is 0. The maximum Gasteiger partial charge on any atom is 0.175 e. The second-order valence-corrected chi connectivity index (χ2v) is 5.83. The Kier molecular flexibility index (Phi) is 3.51. The Hall–Kier alpha value is -2.14. The van der Waals surface area contributed by atoms with Gasteiger partial charge in [-0.3, -0.25) is 0 Å². The molecule has 1 atom stereocenters. The van der Waals surface area contributed by atoms with E-state index in [1.54, 1.807) is 0 Å². The maximum atomic E-state index is 6.00. The van der Waals surface area contributed by atoms with E-state index in [0.29, 0.717) is 5.92 Å². The molecule has 0 spiro atoms. The van der Waals surface area contributed by atoms with Gasteiger partial charge in [0.1, 0.15) is 5.65 Å². The van der Waals surface area contributed by atoms with Crippen LogP contribution >= 0.6 is 0 Å². The number of hydrogen-bond donors (Lipinski definition) is 1. The molecule has 0 aliphatic rings. The van der Waals surface area contributed by atoms with Crippen molar-refractivity contribution < 1.29 is 0 Å². The van der Waals surface area contributed by atoms with E-state index in [2.05, 4.69) is 23.3 Å². The van der Waals surface area contributed by atoms with Crippen LogP contribution in [0.3, 0.4) is 0 Å². The minimum Gasteiger partial charge on any atom is -0.328 e. The largest absolute Gasteiger partial charge is 0.328 e. The van der Waals surface area contributed by atoms with Crippen LogP contribution in [0.5, 0.6) is 0 Å². The van der Waals surface area contributed by atoms with Gasteiger partial charge in [-0.15, -0.1) is 0 Å². The van der Waals surface area contributed by atoms with Gasteiger partial charge >= 0.3 is 0 Å². The maximum absolute atomic E-state index is 6.00. The van der Waals surface area contributed by atoms with Gasteiger partial charge in [0.05, 0.1) is 11.4 Å². The predicted molar refractivity (Wildman–Crippen MR) is 83.8 cm³/mol. The van der Waals surface area contributed by atoms with Crippen molar-refractivity contribution in [1.29, 1.82) is 0 Å². The average Bonchev–Trinajstić information content (AvgIpc) is 3.03. The Labute approximate surface area is 124 Å². The van der Waals surface area contributed by atoms with Crippen LogP contribution in [0.4, 0.5) is 0 Å². The summed E-state index contributed by atoms with van der Waals surface area (Å²) in [5.41, 5.74) is 9.09. The molecule has 2 N–H and O–H groups in total. The first-order valence-electron chi connectivity index (χ1n) is 7.33. The lowest BCUT2D eigenvalue weighted by Crippen LogP contribution is -2.20. The third-order valence-electron chi connectivity index (χ3n) is 3.54. The van der Waals surface area contributed by atoms with Crippen molar-refractivity contribution in [3.63, 3.8) is 0 Å². The topological polar surface area (TPSA) is 61.1 Å². The van der Waals surface area contributed by atoms with Gasteiger partial charge in [0, 0.05) is 24.9 Å². The summed E-state index contributed by atoms with van der Waals surface area (Å²) in [6.07, 6.45) is 4.76. The Morgan fingerprint density at radius 1 is 1.14 bits per heavy atom. The van der Waals surface area contributed by atoms with Crippen LogP contribution in [0.1, 0.15) is 38.1 Å². The van der Waals surface area contributed by atoms with Crippen LogP contribution in [0, 0.1) is 0 Å². The molecule has 3 heterocycles. The first-order valence-corrected chi connectivity index (χ1v) is 7.33. The summed E-state index contributed by atoms with van der Waals surface area (Å²) in [6, 6.07) is 8.12. The fourth-order valence-corrected chi connectivity index (χ4v) is 2.48. The quantitative estimate of drug-likeness (QED) is 0.800. The molecule has 0 saturated heterocycles. The number of imidazole rings is 1. The standard InChI is InChI=1S/C16H21N5/c1-11(2)13-7-9-21(19-13)16-14(10-12(3)17)20-8-5-4-6-15(20)18-16/h4-9,11-12H,10,17H2,1-3H3. The van der Waals surface area contributed by atoms with E-state index in [1.807, 2.05) is 48.3 Å². The molecule has 3 aromatic heterocycles. The zero-order valence-electron chi connectivity index (χ0n) is 12.7. The molecular formula is C16H21N5. The van der Waals surface area contributed by atoms with Gasteiger partial charge < -0.3 is 10.1 Å². The number of pyridine rings is 1. The molecule has 0 radical (unpaired) electrons. The Morgan fingerprint density at radius 3 is 2.62 bits per heavy atom. The van der Waals surface area contributed by atoms with Crippen LogP contribution in [0.25, 0.3) is 11.5 Å². The van der Waals surface area contributed by atoms with E-state index in [9.17, 15) is 0 Å². The molecule has 0 saturated carbocycles. The molecule has 5 nitrogen and oxygen atoms in total. The van der Waals surface area contributed by atoms with Gasteiger partial charge in [-0.05, 0) is 31.0 Å². The van der Waals surface area contributed by atoms with Gasteiger partial charge in [0.15, 0.2) is 5.82 Å². The molecule has 0 aliphatic heterocycles. The van der Waals surface area contributed by atoms with Gasteiger partial charge in [-0.1, -0.05) is 19.9 Å². The van der Waals surface area contributed by atoms with E-state index in [-0.39, 0.29) is 6.04 Å². The second kappa shape index (κ2) is 5.33. The van der Waals surface area contributed by atoms with Crippen molar-refractivity contribution >= 4 is 5.65 Å². The van der Waals surface area contributed by atoms with Crippen LogP contribution in [0.2, 0.25) is 0 Å². The third kappa shape index (κ3) is 2.56. The minimum atomic E-state index is 0.0731. The lowest BCUT2D eigenvalue weighted by Gasteiger charge is -2.08. The zero-order valence-corrected chi connectivity index (χ0v) is 12.7. The van der Waals surface area contributed by atoms with E-state index >= 15 is 0 Å². The summed E-state index contributed by atoms with van der Waals surface area (Å²) in [5, 5.41) is 4.64. The van der Waals surface area contributed by atoms with Gasteiger partial charge in [-0.25, -0.2) is 9.67 Å². The summed E-state index contributed by atoms with van der Waals surface area (Å²) in [7, 11) is 0. The molecule has 3 aromatic rings. The third-order valence-corrected chi connectivity index (χ3v) is 3.54. The van der Waals surface area contributed by atoms with Crippen LogP contribution in [-0.2, 0) is 6.42 Å². The molecule has 21 heavy (non-hydrogen) atoms. The summed E-state index contributed by atoms with van der Waals surface area (Å²) in [5.74, 6) is 1.27. The average molecular weight is 283 g/mol. The highest BCUT2D eigenvalue weighted by atomic mass is 15.3. The number of nitrogens with zero attached hydrogens (tertiary/aromatic N) is 4.